The van der Waals surface area contributed by atoms with E-state index in [-0.39, 0.29) is 6.54 Å². The molecule has 0 atom stereocenters. The molecule has 0 radical (unpaired) electrons. The molecular formula is C18H15N5O3. The number of hydrogen-bond donors (Lipinski definition) is 2. The molecule has 1 aromatic heterocycles. The molecule has 3 N–H and O–H groups in total. The van der Waals surface area contributed by atoms with Gasteiger partial charge in [0.25, 0.3) is 0 Å². The quantitative estimate of drug-likeness (QED) is 0.713. The van der Waals surface area contributed by atoms with E-state index in [1.54, 1.807) is 12.1 Å². The highest BCUT2D eigenvalue weighted by molar-refractivity contribution is 5.94. The minimum Gasteiger partial charge on any atom is -0.366 e. The molecule has 0 fully saturated rings. The van der Waals surface area contributed by atoms with Crippen molar-refractivity contribution in [3.8, 4) is 11.3 Å². The predicted molar refractivity (Wildman–Crippen MR) is 95.3 cm³/mol. The van der Waals surface area contributed by atoms with Crippen molar-refractivity contribution in [1.82, 2.24) is 14.8 Å². The molecule has 8 nitrogen and oxygen atoms in total. The highest BCUT2D eigenvalue weighted by atomic mass is 16.2. The largest absolute Gasteiger partial charge is 0.366 e. The van der Waals surface area contributed by atoms with Crippen LogP contribution in [0.2, 0.25) is 0 Å². The Hall–Kier alpha value is -3.81. The average molecular weight is 349 g/mol. The lowest BCUT2D eigenvalue weighted by Crippen LogP contribution is -2.31. The normalized spacial score (nSPS) is 10.3. The summed E-state index contributed by atoms with van der Waals surface area (Å²) >= 11 is 0. The second kappa shape index (κ2) is 7.39. The summed E-state index contributed by atoms with van der Waals surface area (Å²) < 4.78 is 0.972. The van der Waals surface area contributed by atoms with Crippen LogP contribution in [0.3, 0.4) is 0 Å². The van der Waals surface area contributed by atoms with E-state index in [9.17, 15) is 14.4 Å². The fraction of sp³-hybridized carbons (Fsp3) is 0.0556. The number of benzene rings is 2. The molecule has 0 aliphatic heterocycles. The first-order chi connectivity index (χ1) is 12.5. The molecule has 0 aliphatic rings. The Morgan fingerprint density at radius 3 is 2.35 bits per heavy atom. The summed E-state index contributed by atoms with van der Waals surface area (Å²) in [5.74, 6) is -0.996. The Balaban J connectivity index is 1.69. The molecule has 0 spiro atoms. The SMILES string of the molecule is NC(=O)c1ccc(NC(=O)Cn2ncc(-c3ccccc3)nc2=O)cc1. The third-order valence-corrected chi connectivity index (χ3v) is 3.57. The number of nitrogens with two attached hydrogens (primary N) is 1. The van der Waals surface area contributed by atoms with Crippen LogP contribution in [-0.2, 0) is 11.3 Å². The van der Waals surface area contributed by atoms with Crippen molar-refractivity contribution in [1.29, 1.82) is 0 Å². The van der Waals surface area contributed by atoms with E-state index in [1.165, 1.54) is 18.3 Å². The van der Waals surface area contributed by atoms with Crippen LogP contribution >= 0.6 is 0 Å². The van der Waals surface area contributed by atoms with Gasteiger partial charge in [0.05, 0.1) is 11.9 Å². The Morgan fingerprint density at radius 1 is 1.04 bits per heavy atom. The number of anilines is 1. The maximum Gasteiger partial charge on any atom is 0.365 e. The zero-order valence-electron chi connectivity index (χ0n) is 13.6. The summed E-state index contributed by atoms with van der Waals surface area (Å²) in [6.45, 7) is -0.279. The van der Waals surface area contributed by atoms with Gasteiger partial charge in [-0.15, -0.1) is 0 Å². The molecule has 0 unspecified atom stereocenters. The highest BCUT2D eigenvalue weighted by Crippen LogP contribution is 2.13. The number of nitrogens with one attached hydrogen (secondary N) is 1. The van der Waals surface area contributed by atoms with E-state index in [0.29, 0.717) is 16.9 Å². The van der Waals surface area contributed by atoms with Gasteiger partial charge in [0, 0.05) is 16.8 Å². The zero-order valence-corrected chi connectivity index (χ0v) is 13.6. The topological polar surface area (TPSA) is 120 Å². The first kappa shape index (κ1) is 17.0. The van der Waals surface area contributed by atoms with Gasteiger partial charge in [0.1, 0.15) is 6.54 Å². The second-order valence-corrected chi connectivity index (χ2v) is 5.44. The summed E-state index contributed by atoms with van der Waals surface area (Å²) in [4.78, 5) is 39.1. The van der Waals surface area contributed by atoms with Gasteiger partial charge in [0.2, 0.25) is 11.8 Å². The van der Waals surface area contributed by atoms with Gasteiger partial charge in [-0.1, -0.05) is 30.3 Å². The van der Waals surface area contributed by atoms with Crippen LogP contribution in [0.1, 0.15) is 10.4 Å². The van der Waals surface area contributed by atoms with E-state index in [0.717, 1.165) is 10.2 Å². The van der Waals surface area contributed by atoms with Gasteiger partial charge < -0.3 is 11.1 Å². The Bertz CT molecular complexity index is 997. The molecule has 0 bridgehead atoms. The van der Waals surface area contributed by atoms with Crippen LogP contribution in [0.4, 0.5) is 5.69 Å². The molecular weight excluding hydrogens is 334 g/mol. The maximum absolute atomic E-state index is 12.1. The number of nitrogens with zero attached hydrogens (tertiary/aromatic N) is 3. The van der Waals surface area contributed by atoms with E-state index in [2.05, 4.69) is 15.4 Å². The first-order valence-corrected chi connectivity index (χ1v) is 7.72. The van der Waals surface area contributed by atoms with Crippen molar-refractivity contribution >= 4 is 17.5 Å². The third-order valence-electron chi connectivity index (χ3n) is 3.57. The van der Waals surface area contributed by atoms with Gasteiger partial charge in [-0.05, 0) is 24.3 Å². The Morgan fingerprint density at radius 2 is 1.73 bits per heavy atom. The van der Waals surface area contributed by atoms with Crippen LogP contribution in [0.5, 0.6) is 0 Å². The molecule has 26 heavy (non-hydrogen) atoms. The first-order valence-electron chi connectivity index (χ1n) is 7.72. The Kier molecular flexibility index (Phi) is 4.84. The number of rotatable bonds is 5. The molecule has 3 rings (SSSR count). The highest BCUT2D eigenvalue weighted by Gasteiger charge is 2.09. The Labute approximate surface area is 148 Å². The van der Waals surface area contributed by atoms with Crippen molar-refractivity contribution in [3.05, 3.63) is 76.8 Å². The number of amides is 2. The zero-order chi connectivity index (χ0) is 18.5. The minimum absolute atomic E-state index is 0.279. The van der Waals surface area contributed by atoms with Crippen LogP contribution in [-0.4, -0.2) is 26.6 Å². The van der Waals surface area contributed by atoms with Crippen molar-refractivity contribution in [3.63, 3.8) is 0 Å². The summed E-state index contributed by atoms with van der Waals surface area (Å²) in [6.07, 6.45) is 1.44. The number of aromatic nitrogens is 3. The van der Waals surface area contributed by atoms with Crippen molar-refractivity contribution in [2.45, 2.75) is 6.54 Å². The molecule has 0 aliphatic carbocycles. The lowest BCUT2D eigenvalue weighted by molar-refractivity contribution is -0.117. The number of carbonyl (C=O) groups excluding carboxylic acids is 2. The predicted octanol–water partition coefficient (Wildman–Crippen LogP) is 1.04. The van der Waals surface area contributed by atoms with E-state index in [4.69, 9.17) is 5.73 Å². The third kappa shape index (κ3) is 3.99. The van der Waals surface area contributed by atoms with Crippen LogP contribution in [0.25, 0.3) is 11.3 Å². The lowest BCUT2D eigenvalue weighted by atomic mass is 10.2. The smallest absolute Gasteiger partial charge is 0.365 e. The van der Waals surface area contributed by atoms with Crippen molar-refractivity contribution < 1.29 is 9.59 Å². The van der Waals surface area contributed by atoms with Crippen LogP contribution in [0.15, 0.2) is 65.6 Å². The second-order valence-electron chi connectivity index (χ2n) is 5.44. The fourth-order valence-corrected chi connectivity index (χ4v) is 2.27. The standard InChI is InChI=1S/C18H15N5O3/c19-17(25)13-6-8-14(9-7-13)21-16(24)11-23-18(26)22-15(10-20-23)12-4-2-1-3-5-12/h1-10H,11H2,(H2,19,25)(H,21,24). The van der Waals surface area contributed by atoms with E-state index >= 15 is 0 Å². The molecule has 3 aromatic rings. The number of carbonyl (C=O) groups is 2. The molecule has 0 saturated carbocycles. The van der Waals surface area contributed by atoms with Gasteiger partial charge in [-0.3, -0.25) is 9.59 Å². The van der Waals surface area contributed by atoms with E-state index in [1.807, 2.05) is 30.3 Å². The molecule has 1 heterocycles. The summed E-state index contributed by atoms with van der Waals surface area (Å²) in [5.41, 5.74) is 6.55. The fourth-order valence-electron chi connectivity index (χ4n) is 2.27. The number of hydrogen-bond acceptors (Lipinski definition) is 5. The molecule has 0 saturated heterocycles. The van der Waals surface area contributed by atoms with Crippen molar-refractivity contribution in [2.24, 2.45) is 5.73 Å². The monoisotopic (exact) mass is 349 g/mol. The van der Waals surface area contributed by atoms with Gasteiger partial charge in [-0.25, -0.2) is 9.48 Å². The maximum atomic E-state index is 12.1. The molecule has 2 amide bonds. The molecule has 130 valence electrons. The van der Waals surface area contributed by atoms with E-state index < -0.39 is 17.5 Å². The van der Waals surface area contributed by atoms with Gasteiger partial charge in [-0.2, -0.15) is 10.1 Å². The van der Waals surface area contributed by atoms with Gasteiger partial charge >= 0.3 is 5.69 Å². The summed E-state index contributed by atoms with van der Waals surface area (Å²) in [6, 6.07) is 15.2. The minimum atomic E-state index is -0.620. The van der Waals surface area contributed by atoms with Crippen molar-refractivity contribution in [2.75, 3.05) is 5.32 Å². The average Bonchev–Trinajstić information content (AvgIpc) is 2.64. The molecule has 8 heteroatoms. The lowest BCUT2D eigenvalue weighted by Gasteiger charge is -2.07. The molecule has 2 aromatic carbocycles. The van der Waals surface area contributed by atoms with Crippen LogP contribution < -0.4 is 16.7 Å². The summed E-state index contributed by atoms with van der Waals surface area (Å²) in [7, 11) is 0. The summed E-state index contributed by atoms with van der Waals surface area (Å²) in [5, 5.41) is 6.60. The number of primary amides is 1. The van der Waals surface area contributed by atoms with Crippen LogP contribution in [0, 0.1) is 0 Å². The van der Waals surface area contributed by atoms with Gasteiger partial charge in [0.15, 0.2) is 0 Å².